The van der Waals surface area contributed by atoms with Crippen molar-refractivity contribution in [2.75, 3.05) is 6.61 Å². The molecule has 0 unspecified atom stereocenters. The number of nitrogens with zero attached hydrogens (tertiary/aromatic N) is 2. The highest BCUT2D eigenvalue weighted by Crippen LogP contribution is 2.39. The van der Waals surface area contributed by atoms with Crippen LogP contribution in [0.1, 0.15) is 22.8 Å². The molecular formula is C15H13Cl2N3O3. The molecule has 2 rings (SSSR count). The minimum Gasteiger partial charge on any atom is -0.504 e. The van der Waals surface area contributed by atoms with Gasteiger partial charge in [0.25, 0.3) is 5.91 Å². The van der Waals surface area contributed by atoms with E-state index >= 15 is 0 Å². The van der Waals surface area contributed by atoms with Crippen molar-refractivity contribution in [1.29, 1.82) is 0 Å². The van der Waals surface area contributed by atoms with E-state index in [9.17, 15) is 9.90 Å². The van der Waals surface area contributed by atoms with Gasteiger partial charge in [0.15, 0.2) is 11.5 Å². The Balaban J connectivity index is 2.21. The Labute approximate surface area is 142 Å². The first kappa shape index (κ1) is 17.1. The minimum absolute atomic E-state index is 0.106. The van der Waals surface area contributed by atoms with Crippen molar-refractivity contribution in [2.45, 2.75) is 6.92 Å². The van der Waals surface area contributed by atoms with Crippen LogP contribution in [-0.2, 0) is 0 Å². The highest BCUT2D eigenvalue weighted by atomic mass is 35.5. The second-order valence-corrected chi connectivity index (χ2v) is 5.09. The molecule has 0 bridgehead atoms. The molecule has 0 radical (unpaired) electrons. The number of carbonyl (C=O) groups excluding carboxylic acids is 1. The topological polar surface area (TPSA) is 83.8 Å². The van der Waals surface area contributed by atoms with Gasteiger partial charge in [-0.15, -0.1) is 0 Å². The van der Waals surface area contributed by atoms with Crippen LogP contribution in [0, 0.1) is 0 Å². The van der Waals surface area contributed by atoms with Gasteiger partial charge in [0.2, 0.25) is 0 Å². The molecule has 1 amide bonds. The van der Waals surface area contributed by atoms with Crippen LogP contribution in [-0.4, -0.2) is 28.8 Å². The Morgan fingerprint density at radius 1 is 1.43 bits per heavy atom. The number of rotatable bonds is 5. The van der Waals surface area contributed by atoms with Crippen LogP contribution in [0.25, 0.3) is 0 Å². The van der Waals surface area contributed by atoms with Crippen LogP contribution in [0.2, 0.25) is 10.0 Å². The SMILES string of the molecule is CCOc1cc(Cl)c(Cl)c(/C=N/NC(=O)c2ccncc2)c1O. The normalized spacial score (nSPS) is 10.7. The summed E-state index contributed by atoms with van der Waals surface area (Å²) >= 11 is 12.0. The summed E-state index contributed by atoms with van der Waals surface area (Å²) in [6.07, 6.45) is 4.18. The summed E-state index contributed by atoms with van der Waals surface area (Å²) < 4.78 is 5.26. The highest BCUT2D eigenvalue weighted by Gasteiger charge is 2.15. The van der Waals surface area contributed by atoms with Gasteiger partial charge in [0.1, 0.15) is 0 Å². The molecule has 0 saturated carbocycles. The molecule has 0 aliphatic rings. The van der Waals surface area contributed by atoms with Crippen LogP contribution in [0.5, 0.6) is 11.5 Å². The molecule has 23 heavy (non-hydrogen) atoms. The molecule has 2 N–H and O–H groups in total. The van der Waals surface area contributed by atoms with Crippen molar-refractivity contribution < 1.29 is 14.6 Å². The summed E-state index contributed by atoms with van der Waals surface area (Å²) in [6.45, 7) is 2.12. The summed E-state index contributed by atoms with van der Waals surface area (Å²) in [6, 6.07) is 4.50. The molecule has 0 fully saturated rings. The fourth-order valence-electron chi connectivity index (χ4n) is 1.72. The lowest BCUT2D eigenvalue weighted by Crippen LogP contribution is -2.17. The number of aromatic nitrogens is 1. The number of amides is 1. The zero-order chi connectivity index (χ0) is 16.8. The molecule has 0 atom stereocenters. The predicted octanol–water partition coefficient (Wildman–Crippen LogP) is 3.26. The van der Waals surface area contributed by atoms with Crippen molar-refractivity contribution in [3.8, 4) is 11.5 Å². The Bertz CT molecular complexity index is 736. The van der Waals surface area contributed by atoms with E-state index in [1.54, 1.807) is 19.1 Å². The van der Waals surface area contributed by atoms with Gasteiger partial charge >= 0.3 is 0 Å². The molecule has 2 aromatic rings. The number of aromatic hydroxyl groups is 1. The molecule has 0 aliphatic heterocycles. The lowest BCUT2D eigenvalue weighted by atomic mass is 10.2. The number of benzene rings is 1. The van der Waals surface area contributed by atoms with Crippen LogP contribution in [0.4, 0.5) is 0 Å². The zero-order valence-electron chi connectivity index (χ0n) is 12.1. The Hall–Kier alpha value is -2.31. The largest absolute Gasteiger partial charge is 0.504 e. The molecule has 1 heterocycles. The van der Waals surface area contributed by atoms with E-state index in [-0.39, 0.29) is 27.1 Å². The zero-order valence-corrected chi connectivity index (χ0v) is 13.6. The van der Waals surface area contributed by atoms with Gasteiger partial charge < -0.3 is 9.84 Å². The van der Waals surface area contributed by atoms with E-state index < -0.39 is 5.91 Å². The standard InChI is InChI=1S/C15H13Cl2N3O3/c1-2-23-12-7-11(16)13(17)10(14(12)21)8-19-20-15(22)9-3-5-18-6-4-9/h3-8,21H,2H2,1H3,(H,20,22)/b19-8+. The third-order valence-electron chi connectivity index (χ3n) is 2.79. The number of nitrogens with one attached hydrogen (secondary N) is 1. The van der Waals surface area contributed by atoms with E-state index in [4.69, 9.17) is 27.9 Å². The van der Waals surface area contributed by atoms with Crippen molar-refractivity contribution in [3.63, 3.8) is 0 Å². The maximum Gasteiger partial charge on any atom is 0.271 e. The fourth-order valence-corrected chi connectivity index (χ4v) is 2.11. The van der Waals surface area contributed by atoms with Crippen LogP contribution < -0.4 is 10.2 Å². The number of pyridine rings is 1. The van der Waals surface area contributed by atoms with Gasteiger partial charge in [-0.05, 0) is 19.1 Å². The number of phenolic OH excluding ortho intramolecular Hbond substituents is 1. The third-order valence-corrected chi connectivity index (χ3v) is 3.60. The van der Waals surface area contributed by atoms with Gasteiger partial charge in [0, 0.05) is 24.0 Å². The molecule has 1 aromatic carbocycles. The smallest absolute Gasteiger partial charge is 0.271 e. The summed E-state index contributed by atoms with van der Waals surface area (Å²) in [5, 5.41) is 14.2. The summed E-state index contributed by atoms with van der Waals surface area (Å²) in [5.74, 6) is -0.446. The highest BCUT2D eigenvalue weighted by molar-refractivity contribution is 6.43. The lowest BCUT2D eigenvalue weighted by Gasteiger charge is -2.10. The van der Waals surface area contributed by atoms with Crippen LogP contribution in [0.3, 0.4) is 0 Å². The molecule has 0 spiro atoms. The van der Waals surface area contributed by atoms with Crippen LogP contribution >= 0.6 is 23.2 Å². The molecule has 0 aliphatic carbocycles. The van der Waals surface area contributed by atoms with Gasteiger partial charge in [-0.3, -0.25) is 9.78 Å². The fraction of sp³-hybridized carbons (Fsp3) is 0.133. The van der Waals surface area contributed by atoms with Crippen LogP contribution in [0.15, 0.2) is 35.7 Å². The summed E-state index contributed by atoms with van der Waals surface area (Å²) in [5.41, 5.74) is 2.87. The second kappa shape index (κ2) is 7.80. The van der Waals surface area contributed by atoms with E-state index in [2.05, 4.69) is 15.5 Å². The van der Waals surface area contributed by atoms with Gasteiger partial charge in [-0.2, -0.15) is 5.10 Å². The number of ether oxygens (including phenoxy) is 1. The number of phenols is 1. The van der Waals surface area contributed by atoms with E-state index in [1.807, 2.05) is 0 Å². The predicted molar refractivity (Wildman–Crippen MR) is 88.6 cm³/mol. The number of hydrogen-bond donors (Lipinski definition) is 2. The van der Waals surface area contributed by atoms with E-state index in [0.717, 1.165) is 0 Å². The summed E-state index contributed by atoms with van der Waals surface area (Å²) in [4.78, 5) is 15.7. The molecule has 0 saturated heterocycles. The van der Waals surface area contributed by atoms with Crippen molar-refractivity contribution >= 4 is 35.3 Å². The first-order valence-corrected chi connectivity index (χ1v) is 7.37. The van der Waals surface area contributed by atoms with Gasteiger partial charge in [0.05, 0.1) is 28.4 Å². The third kappa shape index (κ3) is 4.12. The maximum atomic E-state index is 11.8. The average Bonchev–Trinajstić information content (AvgIpc) is 2.56. The number of halogens is 2. The molecule has 8 heteroatoms. The quantitative estimate of drug-likeness (QED) is 0.638. The summed E-state index contributed by atoms with van der Waals surface area (Å²) in [7, 11) is 0. The Morgan fingerprint density at radius 2 is 2.13 bits per heavy atom. The van der Waals surface area contributed by atoms with Gasteiger partial charge in [-0.1, -0.05) is 23.2 Å². The van der Waals surface area contributed by atoms with Crippen molar-refractivity contribution in [3.05, 3.63) is 51.8 Å². The average molecular weight is 354 g/mol. The number of hydrogen-bond acceptors (Lipinski definition) is 5. The first-order chi connectivity index (χ1) is 11.0. The molecular weight excluding hydrogens is 341 g/mol. The molecule has 120 valence electrons. The van der Waals surface area contributed by atoms with Crippen molar-refractivity contribution in [2.24, 2.45) is 5.10 Å². The Morgan fingerprint density at radius 3 is 2.78 bits per heavy atom. The number of carbonyl (C=O) groups is 1. The lowest BCUT2D eigenvalue weighted by molar-refractivity contribution is 0.0955. The van der Waals surface area contributed by atoms with E-state index in [0.29, 0.717) is 12.2 Å². The molecule has 1 aromatic heterocycles. The molecule has 6 nitrogen and oxygen atoms in total. The second-order valence-electron chi connectivity index (χ2n) is 4.30. The first-order valence-electron chi connectivity index (χ1n) is 6.61. The maximum absolute atomic E-state index is 11.8. The number of hydrazone groups is 1. The van der Waals surface area contributed by atoms with E-state index in [1.165, 1.54) is 24.7 Å². The monoisotopic (exact) mass is 353 g/mol. The van der Waals surface area contributed by atoms with Crippen molar-refractivity contribution in [1.82, 2.24) is 10.4 Å². The minimum atomic E-state index is -0.425. The Kier molecular flexibility index (Phi) is 5.78. The van der Waals surface area contributed by atoms with Gasteiger partial charge in [-0.25, -0.2) is 5.43 Å².